The Morgan fingerprint density at radius 1 is 1.05 bits per heavy atom. The molecule has 2 N–H and O–H groups in total. The minimum Gasteiger partial charge on any atom is -0.508 e. The van der Waals surface area contributed by atoms with Crippen molar-refractivity contribution in [2.24, 2.45) is 0 Å². The molecule has 0 saturated heterocycles. The number of phenolic OH excluding ortho intramolecular Hbond substituents is 2. The zero-order chi connectivity index (χ0) is 13.8. The maximum atomic E-state index is 11.8. The van der Waals surface area contributed by atoms with E-state index in [-0.39, 0.29) is 28.4 Å². The molecule has 2 rings (SSSR count). The Balaban J connectivity index is 2.28. The topological polar surface area (TPSA) is 83.8 Å². The van der Waals surface area contributed by atoms with Crippen LogP contribution >= 0.6 is 0 Å². The molecule has 0 radical (unpaired) electrons. The molecule has 2 aromatic rings. The van der Waals surface area contributed by atoms with E-state index < -0.39 is 5.97 Å². The van der Waals surface area contributed by atoms with Gasteiger partial charge >= 0.3 is 5.97 Å². The van der Waals surface area contributed by atoms with E-state index in [4.69, 9.17) is 4.74 Å². The van der Waals surface area contributed by atoms with Gasteiger partial charge in [-0.15, -0.1) is 0 Å². The summed E-state index contributed by atoms with van der Waals surface area (Å²) in [6, 6.07) is 9.66. The molecular weight excluding hydrogens is 248 g/mol. The van der Waals surface area contributed by atoms with Crippen LogP contribution in [0.15, 0.2) is 42.5 Å². The van der Waals surface area contributed by atoms with Crippen LogP contribution in [0, 0.1) is 0 Å². The second-order valence-corrected chi connectivity index (χ2v) is 3.78. The lowest BCUT2D eigenvalue weighted by Crippen LogP contribution is -2.09. The van der Waals surface area contributed by atoms with E-state index in [1.165, 1.54) is 12.1 Å². The van der Waals surface area contributed by atoms with Crippen LogP contribution in [0.4, 0.5) is 0 Å². The van der Waals surface area contributed by atoms with Gasteiger partial charge in [0.05, 0.1) is 11.1 Å². The first-order valence-corrected chi connectivity index (χ1v) is 5.39. The Labute approximate surface area is 108 Å². The molecule has 0 aliphatic rings. The first-order chi connectivity index (χ1) is 9.10. The summed E-state index contributed by atoms with van der Waals surface area (Å²) < 4.78 is 5.04. The molecule has 0 amide bonds. The van der Waals surface area contributed by atoms with E-state index in [2.05, 4.69) is 0 Å². The third-order valence-electron chi connectivity index (χ3n) is 2.39. The van der Waals surface area contributed by atoms with E-state index in [0.29, 0.717) is 6.29 Å². The molecule has 2 aromatic carbocycles. The summed E-state index contributed by atoms with van der Waals surface area (Å²) in [7, 11) is 0. The van der Waals surface area contributed by atoms with Gasteiger partial charge in [0, 0.05) is 6.07 Å². The Kier molecular flexibility index (Phi) is 3.47. The smallest absolute Gasteiger partial charge is 0.343 e. The van der Waals surface area contributed by atoms with Gasteiger partial charge in [0.15, 0.2) is 6.29 Å². The summed E-state index contributed by atoms with van der Waals surface area (Å²) in [6.45, 7) is 0. The largest absolute Gasteiger partial charge is 0.508 e. The van der Waals surface area contributed by atoms with E-state index >= 15 is 0 Å². The molecule has 5 nitrogen and oxygen atoms in total. The molecule has 0 aliphatic carbocycles. The number of para-hydroxylation sites is 1. The van der Waals surface area contributed by atoms with Crippen LogP contribution in [0.3, 0.4) is 0 Å². The molecular formula is C14H10O5. The van der Waals surface area contributed by atoms with Crippen molar-refractivity contribution < 1.29 is 24.5 Å². The third-order valence-corrected chi connectivity index (χ3v) is 2.39. The van der Waals surface area contributed by atoms with E-state index in [0.717, 1.165) is 18.2 Å². The molecule has 0 aliphatic heterocycles. The quantitative estimate of drug-likeness (QED) is 0.500. The first-order valence-electron chi connectivity index (χ1n) is 5.39. The van der Waals surface area contributed by atoms with Gasteiger partial charge in [-0.1, -0.05) is 12.1 Å². The second-order valence-electron chi connectivity index (χ2n) is 3.78. The van der Waals surface area contributed by atoms with Gasteiger partial charge < -0.3 is 14.9 Å². The highest BCUT2D eigenvalue weighted by molar-refractivity contribution is 5.93. The third kappa shape index (κ3) is 2.90. The minimum atomic E-state index is -0.777. The summed E-state index contributed by atoms with van der Waals surface area (Å²) in [5, 5.41) is 18.6. The predicted octanol–water partition coefficient (Wildman–Crippen LogP) is 2.13. The highest BCUT2D eigenvalue weighted by Crippen LogP contribution is 2.23. The van der Waals surface area contributed by atoms with Crippen LogP contribution in [0.1, 0.15) is 20.7 Å². The zero-order valence-electron chi connectivity index (χ0n) is 9.74. The second kappa shape index (κ2) is 5.22. The average Bonchev–Trinajstić information content (AvgIpc) is 2.38. The fourth-order valence-electron chi connectivity index (χ4n) is 1.54. The lowest BCUT2D eigenvalue weighted by molar-refractivity contribution is 0.0732. The van der Waals surface area contributed by atoms with Gasteiger partial charge in [-0.25, -0.2) is 4.79 Å². The summed E-state index contributed by atoms with van der Waals surface area (Å²) >= 11 is 0. The lowest BCUT2D eigenvalue weighted by atomic mass is 10.2. The maximum absolute atomic E-state index is 11.8. The van der Waals surface area contributed by atoms with Crippen molar-refractivity contribution in [1.82, 2.24) is 0 Å². The number of hydrogen-bond donors (Lipinski definition) is 2. The van der Waals surface area contributed by atoms with Crippen molar-refractivity contribution in [2.75, 3.05) is 0 Å². The Bertz CT molecular complexity index is 613. The van der Waals surface area contributed by atoms with Crippen LogP contribution in [-0.2, 0) is 0 Å². The SMILES string of the molecule is O=Cc1ccccc1OC(=O)c1cc(O)cc(O)c1. The maximum Gasteiger partial charge on any atom is 0.343 e. The average molecular weight is 258 g/mol. The van der Waals surface area contributed by atoms with Gasteiger partial charge in [-0.3, -0.25) is 4.79 Å². The van der Waals surface area contributed by atoms with E-state index in [1.807, 2.05) is 0 Å². The van der Waals surface area contributed by atoms with Crippen LogP contribution in [0.25, 0.3) is 0 Å². The van der Waals surface area contributed by atoms with Gasteiger partial charge in [0.1, 0.15) is 17.2 Å². The molecule has 0 heterocycles. The summed E-state index contributed by atoms with van der Waals surface area (Å²) in [5.74, 6) is -1.17. The number of esters is 1. The summed E-state index contributed by atoms with van der Waals surface area (Å²) in [4.78, 5) is 22.6. The number of ether oxygens (including phenoxy) is 1. The fraction of sp³-hybridized carbons (Fsp3) is 0. The standard InChI is InChI=1S/C14H10O5/c15-8-9-3-1-2-4-13(9)19-14(18)10-5-11(16)7-12(17)6-10/h1-8,16-17H. The number of aldehydes is 1. The highest BCUT2D eigenvalue weighted by Gasteiger charge is 2.13. The molecule has 5 heteroatoms. The zero-order valence-corrected chi connectivity index (χ0v) is 9.74. The van der Waals surface area contributed by atoms with E-state index in [9.17, 15) is 19.8 Å². The number of aromatic hydroxyl groups is 2. The number of rotatable bonds is 3. The number of carbonyl (C=O) groups excluding carboxylic acids is 2. The number of carbonyl (C=O) groups is 2. The van der Waals surface area contributed by atoms with Gasteiger partial charge in [0.2, 0.25) is 0 Å². The van der Waals surface area contributed by atoms with Crippen LogP contribution < -0.4 is 4.74 Å². The summed E-state index contributed by atoms with van der Waals surface area (Å²) in [6.07, 6.45) is 0.572. The van der Waals surface area contributed by atoms with Crippen LogP contribution in [0.5, 0.6) is 17.2 Å². The van der Waals surface area contributed by atoms with E-state index in [1.54, 1.807) is 12.1 Å². The minimum absolute atomic E-state index is 0.0156. The molecule has 0 atom stereocenters. The summed E-state index contributed by atoms with van der Waals surface area (Å²) in [5.41, 5.74) is 0.221. The molecule has 0 aromatic heterocycles. The van der Waals surface area contributed by atoms with Crippen molar-refractivity contribution in [3.05, 3.63) is 53.6 Å². The molecule has 0 bridgehead atoms. The van der Waals surface area contributed by atoms with Crippen LogP contribution in [0.2, 0.25) is 0 Å². The van der Waals surface area contributed by atoms with Crippen molar-refractivity contribution >= 4 is 12.3 Å². The lowest BCUT2D eigenvalue weighted by Gasteiger charge is -2.07. The normalized spacial score (nSPS) is 9.89. The number of phenols is 2. The Morgan fingerprint density at radius 3 is 2.32 bits per heavy atom. The monoisotopic (exact) mass is 258 g/mol. The highest BCUT2D eigenvalue weighted by atomic mass is 16.5. The number of hydrogen-bond acceptors (Lipinski definition) is 5. The fourth-order valence-corrected chi connectivity index (χ4v) is 1.54. The van der Waals surface area contributed by atoms with Crippen molar-refractivity contribution in [3.8, 4) is 17.2 Å². The molecule has 19 heavy (non-hydrogen) atoms. The Morgan fingerprint density at radius 2 is 1.68 bits per heavy atom. The Hall–Kier alpha value is -2.82. The van der Waals surface area contributed by atoms with Crippen molar-refractivity contribution in [2.45, 2.75) is 0 Å². The molecule has 0 spiro atoms. The van der Waals surface area contributed by atoms with Crippen LogP contribution in [-0.4, -0.2) is 22.5 Å². The predicted molar refractivity (Wildman–Crippen MR) is 66.6 cm³/mol. The van der Waals surface area contributed by atoms with Gasteiger partial charge in [0.25, 0.3) is 0 Å². The van der Waals surface area contributed by atoms with Crippen molar-refractivity contribution in [3.63, 3.8) is 0 Å². The van der Waals surface area contributed by atoms with Gasteiger partial charge in [-0.2, -0.15) is 0 Å². The molecule has 0 saturated carbocycles. The number of benzene rings is 2. The van der Waals surface area contributed by atoms with Crippen molar-refractivity contribution in [1.29, 1.82) is 0 Å². The molecule has 0 unspecified atom stereocenters. The molecule has 96 valence electrons. The van der Waals surface area contributed by atoms with Gasteiger partial charge in [-0.05, 0) is 24.3 Å². The first kappa shape index (κ1) is 12.6. The molecule has 0 fully saturated rings.